The summed E-state index contributed by atoms with van der Waals surface area (Å²) in [5, 5.41) is 7.95. The van der Waals surface area contributed by atoms with Gasteiger partial charge in [0.1, 0.15) is 5.84 Å². The van der Waals surface area contributed by atoms with E-state index in [1.807, 2.05) is 0 Å². The standard InChI is InChI=1S/C10H20N2/c1-8-5-6-12(7-8)9(11)10(2,3)4/h8,11H,5-7H2,1-4H3. The number of nitrogens with zero attached hydrogens (tertiary/aromatic N) is 1. The lowest BCUT2D eigenvalue weighted by molar-refractivity contribution is 0.417. The minimum absolute atomic E-state index is 0.0179. The van der Waals surface area contributed by atoms with Crippen molar-refractivity contribution in [3.63, 3.8) is 0 Å². The third kappa shape index (κ3) is 1.99. The molecule has 0 radical (unpaired) electrons. The maximum Gasteiger partial charge on any atom is 0.101 e. The summed E-state index contributed by atoms with van der Waals surface area (Å²) < 4.78 is 0. The van der Waals surface area contributed by atoms with Crippen LogP contribution in [0.2, 0.25) is 0 Å². The largest absolute Gasteiger partial charge is 0.360 e. The van der Waals surface area contributed by atoms with Gasteiger partial charge in [-0.1, -0.05) is 27.7 Å². The molecular formula is C10H20N2. The normalized spacial score (nSPS) is 24.7. The van der Waals surface area contributed by atoms with Crippen LogP contribution >= 0.6 is 0 Å². The van der Waals surface area contributed by atoms with Crippen LogP contribution in [0.3, 0.4) is 0 Å². The highest BCUT2D eigenvalue weighted by Crippen LogP contribution is 2.23. The molecule has 0 bridgehead atoms. The first-order valence-corrected chi connectivity index (χ1v) is 4.75. The van der Waals surface area contributed by atoms with Crippen LogP contribution in [0.4, 0.5) is 0 Å². The minimum atomic E-state index is 0.0179. The average molecular weight is 168 g/mol. The molecule has 1 heterocycles. The predicted molar refractivity (Wildman–Crippen MR) is 52.5 cm³/mol. The predicted octanol–water partition coefficient (Wildman–Crippen LogP) is 2.35. The Labute approximate surface area is 75.5 Å². The van der Waals surface area contributed by atoms with Crippen LogP contribution in [0.1, 0.15) is 34.1 Å². The lowest BCUT2D eigenvalue weighted by Gasteiger charge is -2.29. The summed E-state index contributed by atoms with van der Waals surface area (Å²) in [4.78, 5) is 2.21. The Morgan fingerprint density at radius 1 is 1.42 bits per heavy atom. The fourth-order valence-corrected chi connectivity index (χ4v) is 1.61. The summed E-state index contributed by atoms with van der Waals surface area (Å²) in [6, 6.07) is 0. The third-order valence-electron chi connectivity index (χ3n) is 2.45. The summed E-state index contributed by atoms with van der Waals surface area (Å²) in [6.45, 7) is 10.7. The molecule has 0 aromatic carbocycles. The van der Waals surface area contributed by atoms with Crippen LogP contribution in [0.15, 0.2) is 0 Å². The zero-order chi connectivity index (χ0) is 9.35. The van der Waals surface area contributed by atoms with Gasteiger partial charge in [-0.2, -0.15) is 0 Å². The second-order valence-electron chi connectivity index (χ2n) is 4.94. The molecule has 2 heteroatoms. The van der Waals surface area contributed by atoms with E-state index in [0.29, 0.717) is 0 Å². The zero-order valence-corrected chi connectivity index (χ0v) is 8.65. The van der Waals surface area contributed by atoms with E-state index in [9.17, 15) is 0 Å². The summed E-state index contributed by atoms with van der Waals surface area (Å²) in [5.41, 5.74) is 0.0179. The zero-order valence-electron chi connectivity index (χ0n) is 8.65. The van der Waals surface area contributed by atoms with Gasteiger partial charge in [-0.05, 0) is 12.3 Å². The number of hydrogen-bond acceptors (Lipinski definition) is 1. The first kappa shape index (κ1) is 9.56. The summed E-state index contributed by atoms with van der Waals surface area (Å²) in [5.74, 6) is 1.57. The molecule has 0 aromatic rings. The second-order valence-corrected chi connectivity index (χ2v) is 4.94. The maximum absolute atomic E-state index is 7.95. The molecule has 12 heavy (non-hydrogen) atoms. The van der Waals surface area contributed by atoms with Gasteiger partial charge in [-0.15, -0.1) is 0 Å². The van der Waals surface area contributed by atoms with Gasteiger partial charge >= 0.3 is 0 Å². The Morgan fingerprint density at radius 3 is 2.33 bits per heavy atom. The number of hydrogen-bond donors (Lipinski definition) is 1. The minimum Gasteiger partial charge on any atom is -0.360 e. The monoisotopic (exact) mass is 168 g/mol. The van der Waals surface area contributed by atoms with Crippen LogP contribution in [-0.4, -0.2) is 23.8 Å². The van der Waals surface area contributed by atoms with E-state index in [2.05, 4.69) is 32.6 Å². The van der Waals surface area contributed by atoms with Crippen LogP contribution in [-0.2, 0) is 0 Å². The molecule has 0 saturated carbocycles. The van der Waals surface area contributed by atoms with Crippen molar-refractivity contribution in [1.82, 2.24) is 4.90 Å². The van der Waals surface area contributed by atoms with Gasteiger partial charge in [-0.3, -0.25) is 5.41 Å². The summed E-state index contributed by atoms with van der Waals surface area (Å²) in [7, 11) is 0. The smallest absolute Gasteiger partial charge is 0.101 e. The number of likely N-dealkylation sites (tertiary alicyclic amines) is 1. The van der Waals surface area contributed by atoms with Crippen molar-refractivity contribution in [1.29, 1.82) is 5.41 Å². The van der Waals surface area contributed by atoms with Gasteiger partial charge < -0.3 is 4.90 Å². The Morgan fingerprint density at radius 2 is 2.00 bits per heavy atom. The molecule has 1 N–H and O–H groups in total. The molecular weight excluding hydrogens is 148 g/mol. The van der Waals surface area contributed by atoms with Crippen molar-refractivity contribution in [3.05, 3.63) is 0 Å². The van der Waals surface area contributed by atoms with Gasteiger partial charge in [0.25, 0.3) is 0 Å². The molecule has 1 rings (SSSR count). The van der Waals surface area contributed by atoms with E-state index >= 15 is 0 Å². The van der Waals surface area contributed by atoms with E-state index in [1.54, 1.807) is 0 Å². The van der Waals surface area contributed by atoms with Gasteiger partial charge in [0.05, 0.1) is 0 Å². The SMILES string of the molecule is CC1CCN(C(=N)C(C)(C)C)C1. The van der Waals surface area contributed by atoms with Crippen molar-refractivity contribution in [2.45, 2.75) is 34.1 Å². The Kier molecular flexibility index (Phi) is 2.45. The third-order valence-corrected chi connectivity index (χ3v) is 2.45. The lowest BCUT2D eigenvalue weighted by Crippen LogP contribution is -2.37. The van der Waals surface area contributed by atoms with Crippen LogP contribution in [0, 0.1) is 16.7 Å². The van der Waals surface area contributed by atoms with E-state index in [0.717, 1.165) is 24.8 Å². The van der Waals surface area contributed by atoms with E-state index in [1.165, 1.54) is 6.42 Å². The highest BCUT2D eigenvalue weighted by atomic mass is 15.2. The van der Waals surface area contributed by atoms with Crippen LogP contribution in [0.25, 0.3) is 0 Å². The molecule has 1 unspecified atom stereocenters. The van der Waals surface area contributed by atoms with Crippen molar-refractivity contribution in [2.75, 3.05) is 13.1 Å². The fourth-order valence-electron chi connectivity index (χ4n) is 1.61. The highest BCUT2D eigenvalue weighted by molar-refractivity contribution is 5.84. The molecule has 1 fully saturated rings. The molecule has 1 atom stereocenters. The molecule has 0 aromatic heterocycles. The Hall–Kier alpha value is -0.530. The topological polar surface area (TPSA) is 27.1 Å². The quantitative estimate of drug-likeness (QED) is 0.436. The van der Waals surface area contributed by atoms with Crippen molar-refractivity contribution >= 4 is 5.84 Å². The average Bonchev–Trinajstić information content (AvgIpc) is 2.32. The van der Waals surface area contributed by atoms with E-state index in [4.69, 9.17) is 5.41 Å². The molecule has 1 saturated heterocycles. The van der Waals surface area contributed by atoms with Crippen molar-refractivity contribution < 1.29 is 0 Å². The number of amidine groups is 1. The van der Waals surface area contributed by atoms with Crippen molar-refractivity contribution in [3.8, 4) is 0 Å². The molecule has 0 amide bonds. The maximum atomic E-state index is 7.95. The summed E-state index contributed by atoms with van der Waals surface area (Å²) in [6.07, 6.45) is 1.25. The molecule has 0 spiro atoms. The van der Waals surface area contributed by atoms with E-state index < -0.39 is 0 Å². The molecule has 0 aliphatic carbocycles. The van der Waals surface area contributed by atoms with Gasteiger partial charge in [0.15, 0.2) is 0 Å². The van der Waals surface area contributed by atoms with Gasteiger partial charge in [0.2, 0.25) is 0 Å². The number of rotatable bonds is 0. The Balaban J connectivity index is 2.55. The fraction of sp³-hybridized carbons (Fsp3) is 0.900. The summed E-state index contributed by atoms with van der Waals surface area (Å²) >= 11 is 0. The molecule has 2 nitrogen and oxygen atoms in total. The highest BCUT2D eigenvalue weighted by Gasteiger charge is 2.27. The van der Waals surface area contributed by atoms with Crippen molar-refractivity contribution in [2.24, 2.45) is 11.3 Å². The first-order valence-electron chi connectivity index (χ1n) is 4.75. The van der Waals surface area contributed by atoms with E-state index in [-0.39, 0.29) is 5.41 Å². The Bertz CT molecular complexity index is 179. The van der Waals surface area contributed by atoms with Gasteiger partial charge in [-0.25, -0.2) is 0 Å². The molecule has 70 valence electrons. The first-order chi connectivity index (χ1) is 5.41. The number of nitrogens with one attached hydrogen (secondary N) is 1. The van der Waals surface area contributed by atoms with Crippen LogP contribution < -0.4 is 0 Å². The molecule has 1 aliphatic rings. The van der Waals surface area contributed by atoms with Crippen LogP contribution in [0.5, 0.6) is 0 Å². The van der Waals surface area contributed by atoms with Gasteiger partial charge in [0, 0.05) is 18.5 Å². The lowest BCUT2D eigenvalue weighted by atomic mass is 9.94. The molecule has 1 aliphatic heterocycles. The second kappa shape index (κ2) is 3.08.